The SMILES string of the molecule is CCOC(=O)CS(=O)(=O)c1ccc(C(=O)N[C@H]2CCCC[C@@H]2C)cc1[N+](=O)[O-]. The van der Waals surface area contributed by atoms with Gasteiger partial charge in [-0.1, -0.05) is 19.8 Å². The van der Waals surface area contributed by atoms with Gasteiger partial charge in [-0.15, -0.1) is 0 Å². The fourth-order valence-electron chi connectivity index (χ4n) is 3.28. The lowest BCUT2D eigenvalue weighted by atomic mass is 9.86. The summed E-state index contributed by atoms with van der Waals surface area (Å²) in [6.45, 7) is 3.56. The number of ether oxygens (including phenoxy) is 1. The zero-order chi connectivity index (χ0) is 20.9. The largest absolute Gasteiger partial charge is 0.465 e. The minimum atomic E-state index is -4.28. The van der Waals surface area contributed by atoms with E-state index < -0.39 is 43.0 Å². The highest BCUT2D eigenvalue weighted by Gasteiger charge is 2.30. The van der Waals surface area contributed by atoms with Crippen molar-refractivity contribution in [3.8, 4) is 0 Å². The zero-order valence-electron chi connectivity index (χ0n) is 15.8. The minimum Gasteiger partial charge on any atom is -0.465 e. The highest BCUT2D eigenvalue weighted by Crippen LogP contribution is 2.27. The van der Waals surface area contributed by atoms with Crippen molar-refractivity contribution in [2.24, 2.45) is 5.92 Å². The number of esters is 1. The Balaban J connectivity index is 2.28. The molecule has 9 nitrogen and oxygen atoms in total. The van der Waals surface area contributed by atoms with E-state index in [0.29, 0.717) is 5.92 Å². The van der Waals surface area contributed by atoms with Gasteiger partial charge < -0.3 is 10.1 Å². The van der Waals surface area contributed by atoms with E-state index >= 15 is 0 Å². The average Bonchev–Trinajstić information content (AvgIpc) is 2.62. The number of carbonyl (C=O) groups is 2. The fourth-order valence-corrected chi connectivity index (χ4v) is 4.56. The summed E-state index contributed by atoms with van der Waals surface area (Å²) in [5, 5.41) is 14.3. The van der Waals surface area contributed by atoms with Gasteiger partial charge in [0.05, 0.1) is 11.5 Å². The van der Waals surface area contributed by atoms with Gasteiger partial charge in [0, 0.05) is 17.7 Å². The predicted octanol–water partition coefficient (Wildman–Crippen LogP) is 2.24. The van der Waals surface area contributed by atoms with Crippen LogP contribution in [-0.2, 0) is 19.4 Å². The lowest BCUT2D eigenvalue weighted by Crippen LogP contribution is -2.41. The molecule has 0 spiro atoms. The number of carbonyl (C=O) groups excluding carboxylic acids is 2. The number of hydrogen-bond acceptors (Lipinski definition) is 7. The number of nitro groups is 1. The Bertz CT molecular complexity index is 867. The van der Waals surface area contributed by atoms with Crippen LogP contribution in [0.2, 0.25) is 0 Å². The Labute approximate surface area is 163 Å². The predicted molar refractivity (Wildman–Crippen MR) is 101 cm³/mol. The highest BCUT2D eigenvalue weighted by molar-refractivity contribution is 7.92. The Morgan fingerprint density at radius 3 is 2.57 bits per heavy atom. The summed E-state index contributed by atoms with van der Waals surface area (Å²) in [6.07, 6.45) is 3.93. The molecule has 1 aromatic carbocycles. The first kappa shape index (κ1) is 21.8. The van der Waals surface area contributed by atoms with Gasteiger partial charge in [0.15, 0.2) is 15.6 Å². The molecule has 1 amide bonds. The highest BCUT2D eigenvalue weighted by atomic mass is 32.2. The van der Waals surface area contributed by atoms with Gasteiger partial charge in [-0.25, -0.2) is 8.42 Å². The van der Waals surface area contributed by atoms with Crippen molar-refractivity contribution in [3.63, 3.8) is 0 Å². The lowest BCUT2D eigenvalue weighted by Gasteiger charge is -2.29. The van der Waals surface area contributed by atoms with Crippen LogP contribution >= 0.6 is 0 Å². The van der Waals surface area contributed by atoms with Crippen LogP contribution in [0.3, 0.4) is 0 Å². The van der Waals surface area contributed by atoms with Crippen molar-refractivity contribution in [1.82, 2.24) is 5.32 Å². The molecule has 0 aliphatic heterocycles. The molecule has 1 saturated carbocycles. The Hall–Kier alpha value is -2.49. The molecule has 0 unspecified atom stereocenters. The number of nitro benzene ring substituents is 1. The summed E-state index contributed by atoms with van der Waals surface area (Å²) in [6, 6.07) is 3.12. The van der Waals surface area contributed by atoms with Crippen LogP contribution in [0.5, 0.6) is 0 Å². The molecule has 0 bridgehead atoms. The van der Waals surface area contributed by atoms with Gasteiger partial charge in [-0.2, -0.15) is 0 Å². The van der Waals surface area contributed by atoms with Gasteiger partial charge in [0.25, 0.3) is 11.6 Å². The van der Waals surface area contributed by atoms with Crippen LogP contribution in [0.1, 0.15) is 49.9 Å². The molecule has 2 atom stereocenters. The number of sulfone groups is 1. The van der Waals surface area contributed by atoms with Crippen molar-refractivity contribution in [1.29, 1.82) is 0 Å². The Morgan fingerprint density at radius 2 is 1.96 bits per heavy atom. The van der Waals surface area contributed by atoms with Crippen LogP contribution in [0.15, 0.2) is 23.1 Å². The number of rotatable bonds is 7. The summed E-state index contributed by atoms with van der Waals surface area (Å²) < 4.78 is 29.4. The average molecular weight is 412 g/mol. The summed E-state index contributed by atoms with van der Waals surface area (Å²) >= 11 is 0. The number of benzene rings is 1. The summed E-state index contributed by atoms with van der Waals surface area (Å²) in [7, 11) is -4.28. The molecule has 1 aliphatic carbocycles. The first-order valence-electron chi connectivity index (χ1n) is 9.13. The van der Waals surface area contributed by atoms with Crippen molar-refractivity contribution >= 4 is 27.4 Å². The third-order valence-electron chi connectivity index (χ3n) is 4.79. The van der Waals surface area contributed by atoms with Gasteiger partial charge in [-0.3, -0.25) is 19.7 Å². The number of nitrogens with one attached hydrogen (secondary N) is 1. The molecule has 28 heavy (non-hydrogen) atoms. The topological polar surface area (TPSA) is 133 Å². The third-order valence-corrected chi connectivity index (χ3v) is 6.43. The van der Waals surface area contributed by atoms with Crippen molar-refractivity contribution in [2.45, 2.75) is 50.5 Å². The summed E-state index contributed by atoms with van der Waals surface area (Å²) in [5.41, 5.74) is -0.742. The molecule has 1 N–H and O–H groups in total. The maximum Gasteiger partial charge on any atom is 0.321 e. The van der Waals surface area contributed by atoms with Gasteiger partial charge in [0.2, 0.25) is 0 Å². The molecule has 2 rings (SSSR count). The Kier molecular flexibility index (Phi) is 7.11. The second kappa shape index (κ2) is 9.13. The molecule has 0 aromatic heterocycles. The monoisotopic (exact) mass is 412 g/mol. The second-order valence-electron chi connectivity index (χ2n) is 6.85. The quantitative estimate of drug-likeness (QED) is 0.412. The van der Waals surface area contributed by atoms with Crippen LogP contribution in [-0.4, -0.2) is 43.6 Å². The van der Waals surface area contributed by atoms with Gasteiger partial charge >= 0.3 is 5.97 Å². The van der Waals surface area contributed by atoms with Crippen LogP contribution in [0.25, 0.3) is 0 Å². The van der Waals surface area contributed by atoms with E-state index in [4.69, 9.17) is 0 Å². The van der Waals surface area contributed by atoms with Crippen molar-refractivity contribution < 1.29 is 27.7 Å². The van der Waals surface area contributed by atoms with Gasteiger partial charge in [0.1, 0.15) is 4.90 Å². The van der Waals surface area contributed by atoms with E-state index in [0.717, 1.165) is 37.8 Å². The standard InChI is InChI=1S/C18H24N2O7S/c1-3-27-17(21)11-28(25,26)16-9-8-13(10-15(16)20(23)24)18(22)19-14-7-5-4-6-12(14)2/h8-10,12,14H,3-7,11H2,1-2H3,(H,19,22)/t12-,14-/m0/s1. The lowest BCUT2D eigenvalue weighted by molar-refractivity contribution is -0.387. The Morgan fingerprint density at radius 1 is 1.29 bits per heavy atom. The van der Waals surface area contributed by atoms with E-state index in [-0.39, 0.29) is 18.2 Å². The molecule has 1 aromatic rings. The van der Waals surface area contributed by atoms with Crippen LogP contribution in [0.4, 0.5) is 5.69 Å². The first-order chi connectivity index (χ1) is 13.2. The maximum atomic E-state index is 12.5. The van der Waals surface area contributed by atoms with Crippen LogP contribution < -0.4 is 5.32 Å². The smallest absolute Gasteiger partial charge is 0.321 e. The normalized spacial score (nSPS) is 19.6. The summed E-state index contributed by atoms with van der Waals surface area (Å²) in [5.74, 6) is -2.19. The van der Waals surface area contributed by atoms with Gasteiger partial charge in [-0.05, 0) is 37.8 Å². The van der Waals surface area contributed by atoms with Crippen LogP contribution in [0, 0.1) is 16.0 Å². The maximum absolute atomic E-state index is 12.5. The summed E-state index contributed by atoms with van der Waals surface area (Å²) in [4.78, 5) is 33.9. The van der Waals surface area contributed by atoms with E-state index in [1.807, 2.05) is 6.92 Å². The molecule has 154 valence electrons. The van der Waals surface area contributed by atoms with Crippen molar-refractivity contribution in [2.75, 3.05) is 12.4 Å². The molecule has 10 heteroatoms. The number of amides is 1. The van der Waals surface area contributed by atoms with E-state index in [1.54, 1.807) is 0 Å². The minimum absolute atomic E-state index is 0.000409. The van der Waals surface area contributed by atoms with E-state index in [1.165, 1.54) is 13.0 Å². The zero-order valence-corrected chi connectivity index (χ0v) is 16.7. The van der Waals surface area contributed by atoms with Crippen molar-refractivity contribution in [3.05, 3.63) is 33.9 Å². The second-order valence-corrected chi connectivity index (χ2v) is 8.80. The molecule has 0 radical (unpaired) electrons. The molecule has 1 aliphatic rings. The molecule has 0 heterocycles. The molecular weight excluding hydrogens is 388 g/mol. The molecule has 0 saturated heterocycles. The fraction of sp³-hybridized carbons (Fsp3) is 0.556. The number of nitrogens with zero attached hydrogens (tertiary/aromatic N) is 1. The van der Waals surface area contributed by atoms with E-state index in [9.17, 15) is 28.1 Å². The first-order valence-corrected chi connectivity index (χ1v) is 10.8. The molecular formula is C18H24N2O7S. The third kappa shape index (κ3) is 5.28. The van der Waals surface area contributed by atoms with E-state index in [2.05, 4.69) is 10.1 Å². The number of hydrogen-bond donors (Lipinski definition) is 1. The molecule has 1 fully saturated rings.